The van der Waals surface area contributed by atoms with Gasteiger partial charge in [-0.15, -0.1) is 0 Å². The lowest BCUT2D eigenvalue weighted by molar-refractivity contribution is 0.0492. The number of benzene rings is 1. The monoisotopic (exact) mass is 513 g/mol. The minimum absolute atomic E-state index is 0.0153. The predicted molar refractivity (Wildman–Crippen MR) is 134 cm³/mol. The van der Waals surface area contributed by atoms with Gasteiger partial charge in [-0.2, -0.15) is 15.3 Å². The molecule has 182 valence electrons. The Morgan fingerprint density at radius 2 is 1.94 bits per heavy atom. The van der Waals surface area contributed by atoms with Crippen LogP contribution >= 0.6 is 23.2 Å². The normalized spacial score (nSPS) is 21.7. The molecule has 3 aromatic rings. The van der Waals surface area contributed by atoms with Crippen LogP contribution in [0, 0.1) is 11.3 Å². The van der Waals surface area contributed by atoms with E-state index in [2.05, 4.69) is 31.5 Å². The number of nitriles is 1. The Hall–Kier alpha value is -3.09. The van der Waals surface area contributed by atoms with E-state index in [0.29, 0.717) is 38.3 Å². The number of hydrogen-bond acceptors (Lipinski definition) is 7. The van der Waals surface area contributed by atoms with E-state index in [0.717, 1.165) is 25.7 Å². The largest absolute Gasteiger partial charge is 0.444 e. The highest BCUT2D eigenvalue weighted by molar-refractivity contribution is 6.43. The predicted octanol–water partition coefficient (Wildman–Crippen LogP) is 5.22. The Balaban J connectivity index is 1.43. The Labute approximate surface area is 212 Å². The summed E-state index contributed by atoms with van der Waals surface area (Å²) in [5.41, 5.74) is 1.23. The molecule has 2 N–H and O–H groups in total. The van der Waals surface area contributed by atoms with E-state index in [4.69, 9.17) is 32.9 Å². The number of amides is 1. The zero-order chi connectivity index (χ0) is 24.9. The molecular weight excluding hydrogens is 489 g/mol. The molecular formula is C24H25Cl2N7O2. The summed E-state index contributed by atoms with van der Waals surface area (Å²) in [5, 5.41) is 21.5. The highest BCUT2D eigenvalue weighted by atomic mass is 35.5. The lowest BCUT2D eigenvalue weighted by Gasteiger charge is -2.39. The number of piperidine rings is 1. The van der Waals surface area contributed by atoms with E-state index >= 15 is 0 Å². The van der Waals surface area contributed by atoms with Crippen molar-refractivity contribution in [1.82, 2.24) is 25.5 Å². The van der Waals surface area contributed by atoms with E-state index < -0.39 is 11.7 Å². The van der Waals surface area contributed by atoms with Crippen molar-refractivity contribution in [2.45, 2.75) is 70.2 Å². The van der Waals surface area contributed by atoms with Crippen LogP contribution in [0.5, 0.6) is 0 Å². The van der Waals surface area contributed by atoms with Crippen LogP contribution in [-0.2, 0) is 4.74 Å². The van der Waals surface area contributed by atoms with Crippen molar-refractivity contribution in [3.05, 3.63) is 33.9 Å². The summed E-state index contributed by atoms with van der Waals surface area (Å²) in [5.74, 6) is 0.490. The number of carbonyl (C=O) groups excluding carboxylic acids is 1. The van der Waals surface area contributed by atoms with Crippen molar-refractivity contribution in [2.24, 2.45) is 0 Å². The molecule has 2 aliphatic rings. The molecule has 5 rings (SSSR count). The van der Waals surface area contributed by atoms with Crippen LogP contribution in [-0.4, -0.2) is 50.0 Å². The molecule has 9 nitrogen and oxygen atoms in total. The number of hydrogen-bond donors (Lipinski definition) is 2. The third-order valence-corrected chi connectivity index (χ3v) is 7.22. The number of halogens is 2. The summed E-state index contributed by atoms with van der Waals surface area (Å²) in [6.07, 6.45) is 3.04. The molecule has 0 spiro atoms. The van der Waals surface area contributed by atoms with E-state index in [1.54, 1.807) is 18.2 Å². The van der Waals surface area contributed by atoms with Crippen molar-refractivity contribution < 1.29 is 9.53 Å². The lowest BCUT2D eigenvalue weighted by Crippen LogP contribution is -2.51. The molecule has 2 aromatic heterocycles. The molecule has 1 amide bonds. The number of alkyl carbamates (subject to hydrolysis) is 1. The fraction of sp³-hybridized carbons (Fsp3) is 0.458. The van der Waals surface area contributed by atoms with Crippen molar-refractivity contribution in [3.63, 3.8) is 0 Å². The summed E-state index contributed by atoms with van der Waals surface area (Å²) in [4.78, 5) is 23.8. The second kappa shape index (κ2) is 8.85. The maximum absolute atomic E-state index is 12.3. The van der Waals surface area contributed by atoms with Crippen LogP contribution in [0.1, 0.15) is 52.1 Å². The van der Waals surface area contributed by atoms with Crippen LogP contribution in [0.4, 0.5) is 10.7 Å². The van der Waals surface area contributed by atoms with Crippen LogP contribution in [0.2, 0.25) is 10.0 Å². The van der Waals surface area contributed by atoms with Crippen molar-refractivity contribution >= 4 is 46.3 Å². The number of nitrogens with one attached hydrogen (secondary N) is 2. The Kier molecular flexibility index (Phi) is 5.98. The first kappa shape index (κ1) is 23.6. The van der Waals surface area contributed by atoms with Gasteiger partial charge in [0, 0.05) is 23.7 Å². The molecule has 0 aliphatic carbocycles. The quantitative estimate of drug-likeness (QED) is 0.492. The van der Waals surface area contributed by atoms with Gasteiger partial charge in [-0.3, -0.25) is 5.10 Å². The molecule has 2 bridgehead atoms. The van der Waals surface area contributed by atoms with Gasteiger partial charge in [0.15, 0.2) is 11.3 Å². The Morgan fingerprint density at radius 1 is 1.23 bits per heavy atom. The molecule has 2 atom stereocenters. The van der Waals surface area contributed by atoms with Gasteiger partial charge in [0.05, 0.1) is 15.4 Å². The molecule has 35 heavy (non-hydrogen) atoms. The number of rotatable bonds is 3. The molecule has 2 aliphatic heterocycles. The molecule has 0 saturated carbocycles. The van der Waals surface area contributed by atoms with Gasteiger partial charge < -0.3 is 15.0 Å². The molecule has 4 heterocycles. The number of aromatic nitrogens is 4. The number of fused-ring (bicyclic) bond motifs is 3. The first-order valence-electron chi connectivity index (χ1n) is 11.5. The average molecular weight is 514 g/mol. The van der Waals surface area contributed by atoms with Gasteiger partial charge in [0.25, 0.3) is 0 Å². The standard InChI is InChI=1S/C24H25Cl2N7O2/c1-24(2,3)35-23(34)28-12-9-13-7-8-14(10-12)33(13)22-29-17(11-27)18-20(31-32-21(18)30-22)15-5-4-6-16(25)19(15)26/h4-6,12-14H,7-10H2,1-3H3,(H,28,34)(H,29,30,31,32). The van der Waals surface area contributed by atoms with Crippen molar-refractivity contribution in [2.75, 3.05) is 4.90 Å². The van der Waals surface area contributed by atoms with Crippen molar-refractivity contribution in [3.8, 4) is 17.3 Å². The summed E-state index contributed by atoms with van der Waals surface area (Å²) < 4.78 is 5.42. The minimum Gasteiger partial charge on any atom is -0.444 e. The third kappa shape index (κ3) is 4.48. The summed E-state index contributed by atoms with van der Waals surface area (Å²) in [6.45, 7) is 5.54. The fourth-order valence-electron chi connectivity index (χ4n) is 5.09. The van der Waals surface area contributed by atoms with Crippen LogP contribution in [0.3, 0.4) is 0 Å². The molecule has 11 heteroatoms. The number of H-pyrrole nitrogens is 1. The van der Waals surface area contributed by atoms with Crippen LogP contribution < -0.4 is 10.2 Å². The number of aromatic amines is 1. The maximum atomic E-state index is 12.3. The first-order chi connectivity index (χ1) is 16.6. The maximum Gasteiger partial charge on any atom is 0.407 e. The summed E-state index contributed by atoms with van der Waals surface area (Å²) >= 11 is 12.6. The van der Waals surface area contributed by atoms with Gasteiger partial charge >= 0.3 is 6.09 Å². The first-order valence-corrected chi connectivity index (χ1v) is 12.3. The zero-order valence-corrected chi connectivity index (χ0v) is 21.1. The second-order valence-corrected chi connectivity index (χ2v) is 10.8. The Bertz CT molecular complexity index is 1330. The van der Waals surface area contributed by atoms with Gasteiger partial charge in [0.2, 0.25) is 5.95 Å². The van der Waals surface area contributed by atoms with E-state index in [1.165, 1.54) is 0 Å². The highest BCUT2D eigenvalue weighted by Crippen LogP contribution is 2.40. The van der Waals surface area contributed by atoms with Gasteiger partial charge in [0.1, 0.15) is 17.4 Å². The summed E-state index contributed by atoms with van der Waals surface area (Å²) in [7, 11) is 0. The Morgan fingerprint density at radius 3 is 2.60 bits per heavy atom. The van der Waals surface area contributed by atoms with E-state index in [9.17, 15) is 10.1 Å². The molecule has 2 unspecified atom stereocenters. The molecule has 1 aromatic carbocycles. The number of ether oxygens (including phenoxy) is 1. The van der Waals surface area contributed by atoms with Gasteiger partial charge in [-0.25, -0.2) is 9.78 Å². The smallest absolute Gasteiger partial charge is 0.407 e. The minimum atomic E-state index is -0.543. The topological polar surface area (TPSA) is 120 Å². The second-order valence-electron chi connectivity index (χ2n) is 9.99. The van der Waals surface area contributed by atoms with Gasteiger partial charge in [-0.05, 0) is 52.5 Å². The number of anilines is 1. The summed E-state index contributed by atoms with van der Waals surface area (Å²) in [6, 6.07) is 7.79. The molecule has 0 radical (unpaired) electrons. The SMILES string of the molecule is CC(C)(C)OC(=O)NC1CC2CCC(C1)N2c1nc(C#N)c2c(-c3cccc(Cl)c3Cl)n[nH]c2n1. The van der Waals surface area contributed by atoms with Crippen LogP contribution in [0.15, 0.2) is 18.2 Å². The zero-order valence-electron chi connectivity index (χ0n) is 19.6. The lowest BCUT2D eigenvalue weighted by atomic mass is 9.98. The van der Waals surface area contributed by atoms with Crippen LogP contribution in [0.25, 0.3) is 22.3 Å². The average Bonchev–Trinajstić information content (AvgIpc) is 3.32. The van der Waals surface area contributed by atoms with E-state index in [1.807, 2.05) is 20.8 Å². The van der Waals surface area contributed by atoms with E-state index in [-0.39, 0.29) is 23.8 Å². The number of nitrogens with zero attached hydrogens (tertiary/aromatic N) is 5. The fourth-order valence-corrected chi connectivity index (χ4v) is 5.48. The number of carbonyl (C=O) groups is 1. The van der Waals surface area contributed by atoms with Gasteiger partial charge in [-0.1, -0.05) is 35.3 Å². The third-order valence-electron chi connectivity index (χ3n) is 6.41. The highest BCUT2D eigenvalue weighted by Gasteiger charge is 2.43. The van der Waals surface area contributed by atoms with Crippen molar-refractivity contribution in [1.29, 1.82) is 5.26 Å². The molecule has 2 fully saturated rings. The molecule has 2 saturated heterocycles.